The average molecular weight is 175 g/mol. The van der Waals surface area contributed by atoms with Crippen LogP contribution in [0.25, 0.3) is 0 Å². The fourth-order valence-corrected chi connectivity index (χ4v) is 1.76. The summed E-state index contributed by atoms with van der Waals surface area (Å²) in [5.74, 6) is 1.28. The lowest BCUT2D eigenvalue weighted by molar-refractivity contribution is 0.726. The highest BCUT2D eigenvalue weighted by molar-refractivity contribution is 8.00. The van der Waals surface area contributed by atoms with E-state index in [1.54, 1.807) is 0 Å². The second-order valence-electron chi connectivity index (χ2n) is 3.81. The topological polar surface area (TPSA) is 26.0 Å². The molecule has 0 atom stereocenters. The predicted octanol–water partition coefficient (Wildman–Crippen LogP) is 2.65. The Morgan fingerprint density at radius 2 is 1.73 bits per heavy atom. The van der Waals surface area contributed by atoms with Crippen molar-refractivity contribution in [2.75, 3.05) is 12.3 Å². The van der Waals surface area contributed by atoms with Crippen molar-refractivity contribution >= 4 is 11.8 Å². The van der Waals surface area contributed by atoms with Crippen molar-refractivity contribution in [3.8, 4) is 0 Å². The number of unbranched alkanes of at least 4 members (excludes halogenated alkanes) is 2. The first-order valence-electron chi connectivity index (χ1n) is 4.40. The smallest absolute Gasteiger partial charge is 0.00750 e. The molecule has 0 rings (SSSR count). The second-order valence-corrected chi connectivity index (χ2v) is 5.73. The summed E-state index contributed by atoms with van der Waals surface area (Å²) in [5, 5.41) is 0. The van der Waals surface area contributed by atoms with E-state index >= 15 is 0 Å². The minimum atomic E-state index is 0.433. The Morgan fingerprint density at radius 1 is 1.09 bits per heavy atom. The number of thioether (sulfide) groups is 1. The van der Waals surface area contributed by atoms with Crippen LogP contribution in [0.4, 0.5) is 0 Å². The van der Waals surface area contributed by atoms with Crippen molar-refractivity contribution in [3.63, 3.8) is 0 Å². The summed E-state index contributed by atoms with van der Waals surface area (Å²) in [6, 6.07) is 0. The summed E-state index contributed by atoms with van der Waals surface area (Å²) in [4.78, 5) is 0. The summed E-state index contributed by atoms with van der Waals surface area (Å²) >= 11 is 2.04. The normalized spacial score (nSPS) is 12.0. The third kappa shape index (κ3) is 10.3. The van der Waals surface area contributed by atoms with Crippen molar-refractivity contribution in [2.45, 2.75) is 44.8 Å². The van der Waals surface area contributed by atoms with Gasteiger partial charge in [0.2, 0.25) is 0 Å². The molecule has 0 amide bonds. The molecule has 11 heavy (non-hydrogen) atoms. The average Bonchev–Trinajstić information content (AvgIpc) is 1.85. The van der Waals surface area contributed by atoms with Crippen molar-refractivity contribution in [2.24, 2.45) is 5.73 Å². The standard InChI is InChI=1S/C9H21NS/c1-9(2,3)11-8-6-4-5-7-10/h4-8,10H2,1-3H3. The van der Waals surface area contributed by atoms with E-state index in [0.717, 1.165) is 6.54 Å². The Morgan fingerprint density at radius 3 is 2.18 bits per heavy atom. The SMILES string of the molecule is CC(C)(C)SCCCCCN. The summed E-state index contributed by atoms with van der Waals surface area (Å²) in [6.45, 7) is 7.64. The quantitative estimate of drug-likeness (QED) is 0.650. The van der Waals surface area contributed by atoms with Crippen LogP contribution in [0.5, 0.6) is 0 Å². The molecular formula is C9H21NS. The Hall–Kier alpha value is 0.310. The minimum absolute atomic E-state index is 0.433. The van der Waals surface area contributed by atoms with Crippen LogP contribution in [-0.2, 0) is 0 Å². The number of rotatable bonds is 5. The van der Waals surface area contributed by atoms with E-state index in [0.29, 0.717) is 4.75 Å². The summed E-state index contributed by atoms with van der Waals surface area (Å²) < 4.78 is 0.433. The molecule has 0 aromatic heterocycles. The molecule has 0 aliphatic rings. The lowest BCUT2D eigenvalue weighted by Crippen LogP contribution is -2.08. The molecule has 0 heterocycles. The van der Waals surface area contributed by atoms with Gasteiger partial charge in [-0.1, -0.05) is 27.2 Å². The highest BCUT2D eigenvalue weighted by Gasteiger charge is 2.08. The van der Waals surface area contributed by atoms with Crippen LogP contribution in [0.3, 0.4) is 0 Å². The van der Waals surface area contributed by atoms with Gasteiger partial charge >= 0.3 is 0 Å². The second kappa shape index (κ2) is 5.90. The summed E-state index contributed by atoms with van der Waals surface area (Å²) in [7, 11) is 0. The van der Waals surface area contributed by atoms with Gasteiger partial charge in [-0.15, -0.1) is 0 Å². The molecule has 1 nitrogen and oxygen atoms in total. The van der Waals surface area contributed by atoms with Crippen molar-refractivity contribution in [1.82, 2.24) is 0 Å². The zero-order valence-corrected chi connectivity index (χ0v) is 8.84. The molecule has 0 saturated heterocycles. The highest BCUT2D eigenvalue weighted by atomic mass is 32.2. The monoisotopic (exact) mass is 175 g/mol. The molecule has 0 fully saturated rings. The zero-order valence-electron chi connectivity index (χ0n) is 8.02. The van der Waals surface area contributed by atoms with E-state index in [9.17, 15) is 0 Å². The lowest BCUT2D eigenvalue weighted by Gasteiger charge is -2.16. The molecule has 0 unspecified atom stereocenters. The molecule has 0 spiro atoms. The largest absolute Gasteiger partial charge is 0.330 e. The van der Waals surface area contributed by atoms with Crippen molar-refractivity contribution in [3.05, 3.63) is 0 Å². The van der Waals surface area contributed by atoms with Gasteiger partial charge in [-0.25, -0.2) is 0 Å². The number of nitrogens with two attached hydrogens (primary N) is 1. The highest BCUT2D eigenvalue weighted by Crippen LogP contribution is 2.24. The number of hydrogen-bond acceptors (Lipinski definition) is 2. The maximum atomic E-state index is 5.39. The Kier molecular flexibility index (Phi) is 6.06. The van der Waals surface area contributed by atoms with Gasteiger partial charge in [-0.05, 0) is 25.1 Å². The first-order chi connectivity index (χ1) is 5.06. The van der Waals surface area contributed by atoms with Gasteiger partial charge in [-0.3, -0.25) is 0 Å². The molecule has 2 heteroatoms. The van der Waals surface area contributed by atoms with E-state index < -0.39 is 0 Å². The molecule has 0 bridgehead atoms. The van der Waals surface area contributed by atoms with Crippen LogP contribution in [0.2, 0.25) is 0 Å². The molecule has 0 aromatic carbocycles. The van der Waals surface area contributed by atoms with Crippen molar-refractivity contribution < 1.29 is 0 Å². The first-order valence-corrected chi connectivity index (χ1v) is 5.39. The van der Waals surface area contributed by atoms with Gasteiger partial charge in [0.25, 0.3) is 0 Å². The Labute approximate surface area is 75.1 Å². The molecule has 68 valence electrons. The zero-order chi connectivity index (χ0) is 8.74. The van der Waals surface area contributed by atoms with E-state index in [1.165, 1.54) is 25.0 Å². The minimum Gasteiger partial charge on any atom is -0.330 e. The molecule has 0 aliphatic carbocycles. The van der Waals surface area contributed by atoms with Gasteiger partial charge < -0.3 is 5.73 Å². The van der Waals surface area contributed by atoms with Crippen LogP contribution in [-0.4, -0.2) is 17.0 Å². The van der Waals surface area contributed by atoms with Gasteiger partial charge in [0.05, 0.1) is 0 Å². The van der Waals surface area contributed by atoms with E-state index in [-0.39, 0.29) is 0 Å². The Balaban J connectivity index is 3.02. The van der Waals surface area contributed by atoms with E-state index in [2.05, 4.69) is 20.8 Å². The maximum absolute atomic E-state index is 5.39. The van der Waals surface area contributed by atoms with E-state index in [1.807, 2.05) is 11.8 Å². The molecule has 0 aromatic rings. The maximum Gasteiger partial charge on any atom is 0.00750 e. The van der Waals surface area contributed by atoms with Crippen molar-refractivity contribution in [1.29, 1.82) is 0 Å². The number of hydrogen-bond donors (Lipinski definition) is 1. The molecule has 0 radical (unpaired) electrons. The molecule has 2 N–H and O–H groups in total. The van der Waals surface area contributed by atoms with Gasteiger partial charge in [0.15, 0.2) is 0 Å². The molecular weight excluding hydrogens is 154 g/mol. The summed E-state index contributed by atoms with van der Waals surface area (Å²) in [5.41, 5.74) is 5.39. The van der Waals surface area contributed by atoms with Crippen LogP contribution >= 0.6 is 11.8 Å². The Bertz CT molecular complexity index is 86.1. The third-order valence-electron chi connectivity index (χ3n) is 1.38. The van der Waals surface area contributed by atoms with Gasteiger partial charge in [0.1, 0.15) is 0 Å². The van der Waals surface area contributed by atoms with Crippen LogP contribution in [0.1, 0.15) is 40.0 Å². The summed E-state index contributed by atoms with van der Waals surface area (Å²) in [6.07, 6.45) is 3.80. The fraction of sp³-hybridized carbons (Fsp3) is 1.00. The molecule has 0 aliphatic heterocycles. The molecule has 0 saturated carbocycles. The third-order valence-corrected chi connectivity index (χ3v) is 2.74. The van der Waals surface area contributed by atoms with Crippen LogP contribution in [0.15, 0.2) is 0 Å². The fourth-order valence-electron chi connectivity index (χ4n) is 0.802. The van der Waals surface area contributed by atoms with Gasteiger partial charge in [0, 0.05) is 4.75 Å². The van der Waals surface area contributed by atoms with Crippen LogP contribution in [0, 0.1) is 0 Å². The van der Waals surface area contributed by atoms with Crippen LogP contribution < -0.4 is 5.73 Å². The predicted molar refractivity (Wildman–Crippen MR) is 55.1 cm³/mol. The van der Waals surface area contributed by atoms with Gasteiger partial charge in [-0.2, -0.15) is 11.8 Å². The first kappa shape index (κ1) is 11.3. The van der Waals surface area contributed by atoms with E-state index in [4.69, 9.17) is 5.73 Å². The lowest BCUT2D eigenvalue weighted by atomic mass is 10.2.